The summed E-state index contributed by atoms with van der Waals surface area (Å²) in [6.45, 7) is 7.39. The predicted molar refractivity (Wildman–Crippen MR) is 148 cm³/mol. The Morgan fingerprint density at radius 1 is 1.11 bits per heavy atom. The summed E-state index contributed by atoms with van der Waals surface area (Å²) in [5, 5.41) is 9.38. The van der Waals surface area contributed by atoms with Gasteiger partial charge in [-0.1, -0.05) is 16.8 Å². The molecule has 1 aliphatic heterocycles. The van der Waals surface area contributed by atoms with E-state index >= 15 is 0 Å². The number of rotatable bonds is 8. The van der Waals surface area contributed by atoms with E-state index in [1.54, 1.807) is 0 Å². The topological polar surface area (TPSA) is 70.8 Å². The molecule has 0 spiro atoms. The molecule has 0 atom stereocenters. The second kappa shape index (κ2) is 11.9. The maximum Gasteiger partial charge on any atom is 0.220 e. The van der Waals surface area contributed by atoms with Crippen molar-refractivity contribution in [3.05, 3.63) is 23.2 Å². The summed E-state index contributed by atoms with van der Waals surface area (Å²) in [7, 11) is 1.81. The molecule has 7 nitrogen and oxygen atoms in total. The zero-order valence-electron chi connectivity index (χ0n) is 22.5. The van der Waals surface area contributed by atoms with Gasteiger partial charge in [0.05, 0.1) is 11.0 Å². The Morgan fingerprint density at radius 2 is 1.84 bits per heavy atom. The van der Waals surface area contributed by atoms with Gasteiger partial charge in [0.1, 0.15) is 0 Å². The largest absolute Gasteiger partial charge is 0.379 e. The van der Waals surface area contributed by atoms with Crippen molar-refractivity contribution in [1.29, 1.82) is 0 Å². The molecule has 1 amide bonds. The zero-order chi connectivity index (χ0) is 25.8. The highest BCUT2D eigenvalue weighted by atomic mass is 35.5. The first-order chi connectivity index (χ1) is 17.9. The number of methoxy groups -OCH3 is 1. The molecule has 1 N–H and O–H groups in total. The molecule has 5 rings (SSSR count). The van der Waals surface area contributed by atoms with E-state index in [-0.39, 0.29) is 11.5 Å². The molecule has 3 aliphatic rings. The quantitative estimate of drug-likeness (QED) is 0.475. The number of nitrogens with one attached hydrogen (secondary N) is 1. The molecule has 37 heavy (non-hydrogen) atoms. The van der Waals surface area contributed by atoms with E-state index in [9.17, 15) is 4.79 Å². The fraction of sp³-hybridized carbons (Fsp3) is 0.724. The molecule has 1 saturated heterocycles. The van der Waals surface area contributed by atoms with Gasteiger partial charge < -0.3 is 19.5 Å². The minimum absolute atomic E-state index is 0.0140. The van der Waals surface area contributed by atoms with Gasteiger partial charge in [-0.3, -0.25) is 9.69 Å². The maximum absolute atomic E-state index is 12.7. The molecule has 0 radical (unpaired) electrons. The highest BCUT2D eigenvalue weighted by molar-refractivity contribution is 6.31. The first-order valence-electron chi connectivity index (χ1n) is 14.3. The Hall–Kier alpha value is -1.83. The van der Waals surface area contributed by atoms with Gasteiger partial charge in [0.2, 0.25) is 5.91 Å². The first kappa shape index (κ1) is 26.8. The number of anilines is 1. The zero-order valence-corrected chi connectivity index (χ0v) is 23.3. The fourth-order valence-electron chi connectivity index (χ4n) is 6.52. The Bertz CT molecular complexity index is 1030. The van der Waals surface area contributed by atoms with Gasteiger partial charge in [-0.25, -0.2) is 0 Å². The van der Waals surface area contributed by atoms with Crippen molar-refractivity contribution < 1.29 is 14.1 Å². The SMILES string of the molecule is COC1(C)CCC(CC(=O)N[C@H]2CC[C@H](CCN3CCN(c4noc5cc(Cl)ccc45)CC3)CC2)CC1. The molecule has 2 saturated carbocycles. The lowest BCUT2D eigenvalue weighted by Crippen LogP contribution is -2.47. The molecule has 0 unspecified atom stereocenters. The molecule has 2 aliphatic carbocycles. The van der Waals surface area contributed by atoms with Crippen LogP contribution in [0.5, 0.6) is 0 Å². The molecule has 2 heterocycles. The Kier molecular flexibility index (Phi) is 8.62. The highest BCUT2D eigenvalue weighted by Gasteiger charge is 2.32. The average Bonchev–Trinajstić information content (AvgIpc) is 3.33. The van der Waals surface area contributed by atoms with Crippen molar-refractivity contribution >= 4 is 34.3 Å². The molecule has 8 heteroatoms. The number of carbonyl (C=O) groups excluding carboxylic acids is 1. The summed E-state index contributed by atoms with van der Waals surface area (Å²) in [6, 6.07) is 6.10. The number of hydrogen-bond donors (Lipinski definition) is 1. The third kappa shape index (κ3) is 6.79. The number of hydrogen-bond acceptors (Lipinski definition) is 6. The van der Waals surface area contributed by atoms with Crippen LogP contribution in [-0.4, -0.2) is 67.4 Å². The van der Waals surface area contributed by atoms with Crippen LogP contribution in [0.25, 0.3) is 11.0 Å². The normalized spacial score (nSPS) is 29.5. The minimum atomic E-state index is 0.0140. The lowest BCUT2D eigenvalue weighted by atomic mass is 9.78. The minimum Gasteiger partial charge on any atom is -0.379 e. The van der Waals surface area contributed by atoms with Crippen LogP contribution in [0, 0.1) is 11.8 Å². The average molecular weight is 531 g/mol. The standard InChI is InChI=1S/C29H43ClN4O3/c1-29(36-2)12-9-22(10-13-29)19-27(35)31-24-6-3-21(4-7-24)11-14-33-15-17-34(18-16-33)28-25-8-5-23(30)20-26(25)37-32-28/h5,8,20-22,24H,3-4,6-7,9-19H2,1-2H3,(H,31,35)/t21-,22?,24-,29?. The van der Waals surface area contributed by atoms with Gasteiger partial charge in [-0.15, -0.1) is 0 Å². The summed E-state index contributed by atoms with van der Waals surface area (Å²) in [6.07, 6.45) is 11.0. The van der Waals surface area contributed by atoms with Crippen LogP contribution in [0.3, 0.4) is 0 Å². The second-order valence-electron chi connectivity index (χ2n) is 11.9. The first-order valence-corrected chi connectivity index (χ1v) is 14.7. The van der Waals surface area contributed by atoms with E-state index in [1.807, 2.05) is 25.3 Å². The van der Waals surface area contributed by atoms with E-state index in [2.05, 4.69) is 27.2 Å². The van der Waals surface area contributed by atoms with Gasteiger partial charge in [-0.2, -0.15) is 0 Å². The van der Waals surface area contributed by atoms with Crippen LogP contribution in [0.15, 0.2) is 22.7 Å². The van der Waals surface area contributed by atoms with E-state index in [0.29, 0.717) is 23.4 Å². The van der Waals surface area contributed by atoms with Gasteiger partial charge >= 0.3 is 0 Å². The number of amides is 1. The Labute approximate surface area is 226 Å². The third-order valence-corrected chi connectivity index (χ3v) is 9.52. The summed E-state index contributed by atoms with van der Waals surface area (Å²) >= 11 is 6.08. The summed E-state index contributed by atoms with van der Waals surface area (Å²) in [5.74, 6) is 2.49. The lowest BCUT2D eigenvalue weighted by molar-refractivity contribution is -0.124. The molecule has 3 fully saturated rings. The molecular weight excluding hydrogens is 488 g/mol. The summed E-state index contributed by atoms with van der Waals surface area (Å²) in [4.78, 5) is 17.6. The number of benzene rings is 1. The van der Waals surface area contributed by atoms with Crippen LogP contribution in [0.2, 0.25) is 5.02 Å². The van der Waals surface area contributed by atoms with Crippen LogP contribution < -0.4 is 10.2 Å². The monoisotopic (exact) mass is 530 g/mol. The highest BCUT2D eigenvalue weighted by Crippen LogP contribution is 2.36. The van der Waals surface area contributed by atoms with Gasteiger partial charge in [0.15, 0.2) is 11.4 Å². The van der Waals surface area contributed by atoms with E-state index in [0.717, 1.165) is 94.0 Å². The molecule has 1 aromatic heterocycles. The molecule has 2 aromatic rings. The van der Waals surface area contributed by atoms with Crippen LogP contribution in [0.1, 0.15) is 71.1 Å². The number of fused-ring (bicyclic) bond motifs is 1. The Morgan fingerprint density at radius 3 is 2.54 bits per heavy atom. The van der Waals surface area contributed by atoms with Crippen molar-refractivity contribution in [3.8, 4) is 0 Å². The van der Waals surface area contributed by atoms with Crippen molar-refractivity contribution in [3.63, 3.8) is 0 Å². The van der Waals surface area contributed by atoms with Crippen molar-refractivity contribution in [1.82, 2.24) is 15.4 Å². The Balaban J connectivity index is 0.972. The predicted octanol–water partition coefficient (Wildman–Crippen LogP) is 5.65. The van der Waals surface area contributed by atoms with Crippen LogP contribution >= 0.6 is 11.6 Å². The number of carbonyl (C=O) groups is 1. The second-order valence-corrected chi connectivity index (χ2v) is 12.3. The van der Waals surface area contributed by atoms with Crippen molar-refractivity contribution in [2.45, 2.75) is 82.8 Å². The number of piperazine rings is 1. The molecule has 204 valence electrons. The van der Waals surface area contributed by atoms with Gasteiger partial charge in [0.25, 0.3) is 0 Å². The molecule has 1 aromatic carbocycles. The van der Waals surface area contributed by atoms with Crippen molar-refractivity contribution in [2.24, 2.45) is 11.8 Å². The summed E-state index contributed by atoms with van der Waals surface area (Å²) in [5.41, 5.74) is 0.764. The van der Waals surface area contributed by atoms with Crippen LogP contribution in [0.4, 0.5) is 5.82 Å². The van der Waals surface area contributed by atoms with Crippen molar-refractivity contribution in [2.75, 3.05) is 44.7 Å². The summed E-state index contributed by atoms with van der Waals surface area (Å²) < 4.78 is 11.1. The van der Waals surface area contributed by atoms with E-state index in [1.165, 1.54) is 19.3 Å². The van der Waals surface area contributed by atoms with Crippen LogP contribution in [-0.2, 0) is 9.53 Å². The maximum atomic E-state index is 12.7. The van der Waals surface area contributed by atoms with Gasteiger partial charge in [0, 0.05) is 56.8 Å². The lowest BCUT2D eigenvalue weighted by Gasteiger charge is -2.37. The number of nitrogens with zero attached hydrogens (tertiary/aromatic N) is 3. The smallest absolute Gasteiger partial charge is 0.220 e. The van der Waals surface area contributed by atoms with E-state index in [4.69, 9.17) is 20.9 Å². The number of halogens is 1. The fourth-order valence-corrected chi connectivity index (χ4v) is 6.68. The van der Waals surface area contributed by atoms with E-state index < -0.39 is 0 Å². The number of ether oxygens (including phenoxy) is 1. The third-order valence-electron chi connectivity index (χ3n) is 9.28. The van der Waals surface area contributed by atoms with Gasteiger partial charge in [-0.05, 0) is 95.2 Å². The molecule has 0 bridgehead atoms. The number of aromatic nitrogens is 1. The molecular formula is C29H43ClN4O3.